The Bertz CT molecular complexity index is 682. The van der Waals surface area contributed by atoms with Gasteiger partial charge in [0.25, 0.3) is 0 Å². The van der Waals surface area contributed by atoms with E-state index in [1.165, 1.54) is 6.07 Å². The molecule has 0 aliphatic heterocycles. The number of hydrogen-bond donors (Lipinski definition) is 0. The van der Waals surface area contributed by atoms with Gasteiger partial charge in [-0.05, 0) is 6.07 Å². The number of rotatable bonds is 3. The maximum absolute atomic E-state index is 13.4. The summed E-state index contributed by atoms with van der Waals surface area (Å²) in [6, 6.07) is 1.24. The first-order chi connectivity index (χ1) is 9.82. The van der Waals surface area contributed by atoms with Crippen LogP contribution in [0.3, 0.4) is 0 Å². The lowest BCUT2D eigenvalue weighted by atomic mass is 10.2. The number of benzene rings is 1. The molecule has 0 spiro atoms. The Morgan fingerprint density at radius 1 is 0.905 bits per heavy atom. The fraction of sp³-hybridized carbons (Fsp3) is 0.0833. The Balaban J connectivity index is 2.32. The zero-order valence-electron chi connectivity index (χ0n) is 9.86. The highest BCUT2D eigenvalue weighted by Crippen LogP contribution is 2.30. The molecule has 21 heavy (non-hydrogen) atoms. The third kappa shape index (κ3) is 3.03. The van der Waals surface area contributed by atoms with Crippen LogP contribution < -0.4 is 4.74 Å². The van der Waals surface area contributed by atoms with Crippen molar-refractivity contribution in [1.29, 1.82) is 0 Å². The van der Waals surface area contributed by atoms with Crippen LogP contribution in [0.1, 0.15) is 5.56 Å². The molecule has 112 valence electrons. The second kappa shape index (κ2) is 6.03. The number of nitrogens with zero attached hydrogens (tertiary/aromatic N) is 1. The van der Waals surface area contributed by atoms with Gasteiger partial charge in [0.2, 0.25) is 29.1 Å². The van der Waals surface area contributed by atoms with Gasteiger partial charge in [0.05, 0.1) is 5.02 Å². The van der Waals surface area contributed by atoms with Gasteiger partial charge in [-0.1, -0.05) is 23.2 Å². The molecule has 0 saturated heterocycles. The van der Waals surface area contributed by atoms with Crippen LogP contribution in [0.2, 0.25) is 10.2 Å². The summed E-state index contributed by atoms with van der Waals surface area (Å²) in [5, 5.41) is 0.138. The SMILES string of the molecule is Fc1c(F)c(F)c(OCc2cnc(Cl)cc2Cl)c(F)c1F. The normalized spacial score (nSPS) is 10.8. The summed E-state index contributed by atoms with van der Waals surface area (Å²) < 4.78 is 70.1. The standard InChI is InChI=1S/C12H4Cl2F5NO/c13-5-1-6(14)20-2-4(5)3-21-12-10(18)8(16)7(15)9(17)11(12)19/h1-2H,3H2. The van der Waals surface area contributed by atoms with Gasteiger partial charge < -0.3 is 4.74 Å². The van der Waals surface area contributed by atoms with E-state index in [0.29, 0.717) is 0 Å². The Morgan fingerprint density at radius 3 is 1.95 bits per heavy atom. The monoisotopic (exact) mass is 343 g/mol. The zero-order chi connectivity index (χ0) is 15.7. The molecule has 0 unspecified atom stereocenters. The van der Waals surface area contributed by atoms with E-state index < -0.39 is 41.4 Å². The van der Waals surface area contributed by atoms with Crippen LogP contribution in [-0.4, -0.2) is 4.98 Å². The quantitative estimate of drug-likeness (QED) is 0.350. The molecule has 2 aromatic rings. The van der Waals surface area contributed by atoms with Gasteiger partial charge >= 0.3 is 0 Å². The van der Waals surface area contributed by atoms with Crippen molar-refractivity contribution in [2.45, 2.75) is 6.61 Å². The van der Waals surface area contributed by atoms with E-state index in [0.717, 1.165) is 6.20 Å². The van der Waals surface area contributed by atoms with Crippen LogP contribution in [0.4, 0.5) is 22.0 Å². The van der Waals surface area contributed by atoms with Crippen LogP contribution in [0.25, 0.3) is 0 Å². The van der Waals surface area contributed by atoms with Gasteiger partial charge in [-0.3, -0.25) is 0 Å². The van der Waals surface area contributed by atoms with Gasteiger partial charge in [0.1, 0.15) is 11.8 Å². The average Bonchev–Trinajstić information content (AvgIpc) is 2.45. The van der Waals surface area contributed by atoms with Crippen molar-refractivity contribution in [3.63, 3.8) is 0 Å². The number of hydrogen-bond acceptors (Lipinski definition) is 2. The van der Waals surface area contributed by atoms with E-state index in [-0.39, 0.29) is 15.7 Å². The van der Waals surface area contributed by atoms with Crippen molar-refractivity contribution in [3.05, 3.63) is 57.1 Å². The first-order valence-corrected chi connectivity index (χ1v) is 6.02. The molecule has 0 saturated carbocycles. The predicted octanol–water partition coefficient (Wildman–Crippen LogP) is 4.66. The maximum Gasteiger partial charge on any atom is 0.207 e. The second-order valence-corrected chi connectivity index (χ2v) is 4.58. The molecule has 1 aromatic heterocycles. The second-order valence-electron chi connectivity index (χ2n) is 3.79. The highest BCUT2D eigenvalue weighted by atomic mass is 35.5. The molecule has 0 bridgehead atoms. The van der Waals surface area contributed by atoms with Gasteiger partial charge in [-0.2, -0.15) is 8.78 Å². The van der Waals surface area contributed by atoms with Crippen molar-refractivity contribution in [1.82, 2.24) is 4.98 Å². The first-order valence-electron chi connectivity index (χ1n) is 5.27. The summed E-state index contributed by atoms with van der Waals surface area (Å²) in [4.78, 5) is 3.65. The minimum absolute atomic E-state index is 0.0684. The molecule has 0 N–H and O–H groups in total. The van der Waals surface area contributed by atoms with Crippen molar-refractivity contribution < 1.29 is 26.7 Å². The van der Waals surface area contributed by atoms with E-state index in [2.05, 4.69) is 9.72 Å². The highest BCUT2D eigenvalue weighted by molar-refractivity contribution is 6.34. The van der Waals surface area contributed by atoms with Crippen LogP contribution in [0.5, 0.6) is 5.75 Å². The summed E-state index contributed by atoms with van der Waals surface area (Å²) in [6.45, 7) is -0.554. The van der Waals surface area contributed by atoms with Crippen molar-refractivity contribution >= 4 is 23.2 Å². The fourth-order valence-electron chi connectivity index (χ4n) is 1.40. The molecular formula is C12H4Cl2F5NO. The number of ether oxygens (including phenoxy) is 1. The predicted molar refractivity (Wildman–Crippen MR) is 64.8 cm³/mol. The zero-order valence-corrected chi connectivity index (χ0v) is 11.4. The Morgan fingerprint density at radius 2 is 1.43 bits per heavy atom. The number of aromatic nitrogens is 1. The first kappa shape index (κ1) is 15.8. The molecule has 0 radical (unpaired) electrons. The molecule has 9 heteroatoms. The van der Waals surface area contributed by atoms with Crippen molar-refractivity contribution in [3.8, 4) is 5.75 Å². The highest BCUT2D eigenvalue weighted by Gasteiger charge is 2.27. The fourth-order valence-corrected chi connectivity index (χ4v) is 1.82. The molecule has 0 aliphatic carbocycles. The Hall–Kier alpha value is -1.60. The van der Waals surface area contributed by atoms with Gasteiger partial charge in [-0.25, -0.2) is 18.2 Å². The van der Waals surface area contributed by atoms with Crippen LogP contribution in [0, 0.1) is 29.1 Å². The number of halogens is 7. The topological polar surface area (TPSA) is 22.1 Å². The smallest absolute Gasteiger partial charge is 0.207 e. The molecule has 0 amide bonds. The molecule has 2 nitrogen and oxygen atoms in total. The molecular weight excluding hydrogens is 340 g/mol. The van der Waals surface area contributed by atoms with Crippen molar-refractivity contribution in [2.75, 3.05) is 0 Å². The minimum Gasteiger partial charge on any atom is -0.483 e. The van der Waals surface area contributed by atoms with Gasteiger partial charge in [0.15, 0.2) is 5.75 Å². The molecule has 0 aliphatic rings. The molecule has 2 rings (SSSR count). The summed E-state index contributed by atoms with van der Waals surface area (Å²) in [5.41, 5.74) is 0.157. The lowest BCUT2D eigenvalue weighted by molar-refractivity contribution is 0.253. The van der Waals surface area contributed by atoms with E-state index in [1.54, 1.807) is 0 Å². The molecule has 0 atom stereocenters. The maximum atomic E-state index is 13.4. The van der Waals surface area contributed by atoms with E-state index in [4.69, 9.17) is 23.2 Å². The van der Waals surface area contributed by atoms with Gasteiger partial charge in [0, 0.05) is 11.8 Å². The Labute approximate surface area is 125 Å². The largest absolute Gasteiger partial charge is 0.483 e. The summed E-state index contributed by atoms with van der Waals surface area (Å²) in [6.07, 6.45) is 1.15. The third-order valence-electron chi connectivity index (χ3n) is 2.44. The molecule has 0 fully saturated rings. The lowest BCUT2D eigenvalue weighted by Crippen LogP contribution is -2.07. The van der Waals surface area contributed by atoms with Crippen LogP contribution in [-0.2, 0) is 6.61 Å². The van der Waals surface area contributed by atoms with Crippen molar-refractivity contribution in [2.24, 2.45) is 0 Å². The van der Waals surface area contributed by atoms with E-state index >= 15 is 0 Å². The number of pyridine rings is 1. The van der Waals surface area contributed by atoms with Crippen LogP contribution in [0.15, 0.2) is 12.3 Å². The van der Waals surface area contributed by atoms with Gasteiger partial charge in [-0.15, -0.1) is 0 Å². The molecule has 1 heterocycles. The van der Waals surface area contributed by atoms with Crippen LogP contribution >= 0.6 is 23.2 Å². The van der Waals surface area contributed by atoms with E-state index in [1.807, 2.05) is 0 Å². The minimum atomic E-state index is -2.26. The summed E-state index contributed by atoms with van der Waals surface area (Å²) in [5.74, 6) is -12.0. The molecule has 1 aromatic carbocycles. The summed E-state index contributed by atoms with van der Waals surface area (Å²) in [7, 11) is 0. The lowest BCUT2D eigenvalue weighted by Gasteiger charge is -2.11. The summed E-state index contributed by atoms with van der Waals surface area (Å²) >= 11 is 11.3. The average molecular weight is 344 g/mol. The van der Waals surface area contributed by atoms with E-state index in [9.17, 15) is 22.0 Å². The Kier molecular flexibility index (Phi) is 4.53. The third-order valence-corrected chi connectivity index (χ3v) is 3.00.